The first-order chi connectivity index (χ1) is 13.2. The molecule has 0 saturated heterocycles. The van der Waals surface area contributed by atoms with E-state index in [1.807, 2.05) is 39.0 Å². The summed E-state index contributed by atoms with van der Waals surface area (Å²) in [7, 11) is 3.10. The van der Waals surface area contributed by atoms with Crippen LogP contribution >= 0.6 is 0 Å². The lowest BCUT2D eigenvalue weighted by Crippen LogP contribution is -2.49. The highest BCUT2D eigenvalue weighted by Crippen LogP contribution is 2.20. The Kier molecular flexibility index (Phi) is 9.44. The molecule has 0 radical (unpaired) electrons. The number of hydroxylamine groups is 1. The van der Waals surface area contributed by atoms with Crippen LogP contribution in [0.5, 0.6) is 5.75 Å². The molecule has 156 valence electrons. The van der Waals surface area contributed by atoms with Gasteiger partial charge in [-0.25, -0.2) is 5.48 Å². The molecular weight excluding hydrogens is 362 g/mol. The van der Waals surface area contributed by atoms with E-state index in [4.69, 9.17) is 9.94 Å². The molecule has 0 aliphatic rings. The Bertz CT molecular complexity index is 690. The van der Waals surface area contributed by atoms with Gasteiger partial charge in [-0.15, -0.1) is 0 Å². The first kappa shape index (κ1) is 23.4. The Hall–Kier alpha value is -2.61. The Balaban J connectivity index is 2.96. The second-order valence-electron chi connectivity index (χ2n) is 7.25. The molecule has 4 N–H and O–H groups in total. The zero-order chi connectivity index (χ0) is 21.3. The Morgan fingerprint density at radius 1 is 1.18 bits per heavy atom. The van der Waals surface area contributed by atoms with Crippen LogP contribution < -0.4 is 20.9 Å². The van der Waals surface area contributed by atoms with E-state index in [0.717, 1.165) is 16.9 Å². The van der Waals surface area contributed by atoms with Crippen molar-refractivity contribution in [2.24, 2.45) is 11.8 Å². The predicted molar refractivity (Wildman–Crippen MR) is 105 cm³/mol. The molecule has 0 aromatic heterocycles. The van der Waals surface area contributed by atoms with Gasteiger partial charge in [-0.3, -0.25) is 19.6 Å². The van der Waals surface area contributed by atoms with Crippen molar-refractivity contribution in [2.45, 2.75) is 46.1 Å². The molecule has 0 heterocycles. The quantitative estimate of drug-likeness (QED) is 0.353. The Morgan fingerprint density at radius 3 is 2.36 bits per heavy atom. The number of amides is 3. The van der Waals surface area contributed by atoms with Crippen LogP contribution in [0.4, 0.5) is 0 Å². The third kappa shape index (κ3) is 7.19. The van der Waals surface area contributed by atoms with Crippen molar-refractivity contribution in [3.05, 3.63) is 29.3 Å². The van der Waals surface area contributed by atoms with Gasteiger partial charge in [-0.1, -0.05) is 26.0 Å². The maximum Gasteiger partial charge on any atom is 0.244 e. The summed E-state index contributed by atoms with van der Waals surface area (Å²) >= 11 is 0. The van der Waals surface area contributed by atoms with Crippen LogP contribution in [0.25, 0.3) is 0 Å². The number of hydrogen-bond donors (Lipinski definition) is 4. The first-order valence-electron chi connectivity index (χ1n) is 9.30. The zero-order valence-electron chi connectivity index (χ0n) is 17.2. The predicted octanol–water partition coefficient (Wildman–Crippen LogP) is 1.33. The average Bonchev–Trinajstić information content (AvgIpc) is 2.65. The first-order valence-corrected chi connectivity index (χ1v) is 9.30. The van der Waals surface area contributed by atoms with E-state index in [1.165, 1.54) is 7.05 Å². The van der Waals surface area contributed by atoms with E-state index >= 15 is 0 Å². The van der Waals surface area contributed by atoms with Gasteiger partial charge < -0.3 is 15.4 Å². The van der Waals surface area contributed by atoms with Gasteiger partial charge in [0.05, 0.1) is 7.11 Å². The lowest BCUT2D eigenvalue weighted by molar-refractivity contribution is -0.136. The monoisotopic (exact) mass is 393 g/mol. The fourth-order valence-electron chi connectivity index (χ4n) is 3.10. The van der Waals surface area contributed by atoms with Gasteiger partial charge in [-0.05, 0) is 36.5 Å². The van der Waals surface area contributed by atoms with Gasteiger partial charge in [0.1, 0.15) is 11.8 Å². The van der Waals surface area contributed by atoms with Gasteiger partial charge in [0.15, 0.2) is 0 Å². The third-order valence-corrected chi connectivity index (χ3v) is 4.46. The molecule has 2 atom stereocenters. The van der Waals surface area contributed by atoms with Gasteiger partial charge >= 0.3 is 0 Å². The van der Waals surface area contributed by atoms with Crippen LogP contribution in [0, 0.1) is 18.8 Å². The van der Waals surface area contributed by atoms with Gasteiger partial charge in [0.2, 0.25) is 17.7 Å². The van der Waals surface area contributed by atoms with Crippen molar-refractivity contribution in [3.8, 4) is 5.75 Å². The average molecular weight is 393 g/mol. The molecule has 0 saturated carbocycles. The minimum Gasteiger partial charge on any atom is -0.496 e. The van der Waals surface area contributed by atoms with Crippen molar-refractivity contribution < 1.29 is 24.3 Å². The lowest BCUT2D eigenvalue weighted by Gasteiger charge is -2.23. The molecule has 0 spiro atoms. The maximum atomic E-state index is 12.7. The number of aryl methyl sites for hydroxylation is 1. The van der Waals surface area contributed by atoms with Gasteiger partial charge in [-0.2, -0.15) is 0 Å². The summed E-state index contributed by atoms with van der Waals surface area (Å²) in [5, 5.41) is 14.1. The second-order valence-corrected chi connectivity index (χ2v) is 7.25. The number of benzene rings is 1. The number of hydrogen-bond acceptors (Lipinski definition) is 5. The summed E-state index contributed by atoms with van der Waals surface area (Å²) in [6, 6.07) is 4.79. The number of nitrogens with one attached hydrogen (secondary N) is 3. The molecule has 1 aromatic rings. The highest BCUT2D eigenvalue weighted by Gasteiger charge is 2.27. The van der Waals surface area contributed by atoms with E-state index in [2.05, 4.69) is 10.6 Å². The lowest BCUT2D eigenvalue weighted by atomic mass is 9.92. The van der Waals surface area contributed by atoms with Gasteiger partial charge in [0.25, 0.3) is 0 Å². The molecule has 1 aromatic carbocycles. The number of rotatable bonds is 10. The standard InChI is InChI=1S/C20H31N3O5/c1-12(2)8-15(11-18(24)23-27)19(25)22-16(20(26)21-4)10-14-6-7-17(28-5)13(3)9-14/h6-7,9,12,15-16,27H,8,10-11H2,1-5H3,(H,21,26)(H,22,25)(H,23,24)/t15-,16+/m1/s1. The minimum absolute atomic E-state index is 0.150. The number of likely N-dealkylation sites (N-methyl/N-ethyl adjacent to an activating group) is 1. The summed E-state index contributed by atoms with van der Waals surface area (Å²) in [5.41, 5.74) is 3.36. The number of carbonyl (C=O) groups is 3. The molecule has 0 aliphatic carbocycles. The molecule has 1 rings (SSSR count). The Labute approximate surface area is 166 Å². The molecule has 8 nitrogen and oxygen atoms in total. The molecule has 8 heteroatoms. The van der Waals surface area contributed by atoms with Crippen LogP contribution in [-0.4, -0.2) is 43.1 Å². The maximum absolute atomic E-state index is 12.7. The van der Waals surface area contributed by atoms with Crippen molar-refractivity contribution in [3.63, 3.8) is 0 Å². The van der Waals surface area contributed by atoms with E-state index in [-0.39, 0.29) is 18.2 Å². The van der Waals surface area contributed by atoms with Crippen LogP contribution in [0.2, 0.25) is 0 Å². The Morgan fingerprint density at radius 2 is 1.86 bits per heavy atom. The summed E-state index contributed by atoms with van der Waals surface area (Å²) < 4.78 is 5.25. The molecule has 0 bridgehead atoms. The van der Waals surface area contributed by atoms with E-state index < -0.39 is 23.8 Å². The number of methoxy groups -OCH3 is 1. The van der Waals surface area contributed by atoms with Crippen molar-refractivity contribution in [1.82, 2.24) is 16.1 Å². The van der Waals surface area contributed by atoms with E-state index in [9.17, 15) is 14.4 Å². The molecule has 0 fully saturated rings. The third-order valence-electron chi connectivity index (χ3n) is 4.46. The summed E-state index contributed by atoms with van der Waals surface area (Å²) in [4.78, 5) is 36.6. The molecule has 28 heavy (non-hydrogen) atoms. The van der Waals surface area contributed by atoms with Crippen LogP contribution in [0.15, 0.2) is 18.2 Å². The largest absolute Gasteiger partial charge is 0.496 e. The topological polar surface area (TPSA) is 117 Å². The number of ether oxygens (including phenoxy) is 1. The van der Waals surface area contributed by atoms with Crippen molar-refractivity contribution in [2.75, 3.05) is 14.2 Å². The summed E-state index contributed by atoms with van der Waals surface area (Å²) in [6.45, 7) is 5.78. The summed E-state index contributed by atoms with van der Waals surface area (Å²) in [5.74, 6) is -1.07. The smallest absolute Gasteiger partial charge is 0.244 e. The van der Waals surface area contributed by atoms with Crippen LogP contribution in [0.1, 0.15) is 37.8 Å². The molecule has 0 aliphatic heterocycles. The molecular formula is C20H31N3O5. The highest BCUT2D eigenvalue weighted by molar-refractivity contribution is 5.90. The molecule has 3 amide bonds. The SMILES string of the molecule is CNC(=O)[C@H](Cc1ccc(OC)c(C)c1)NC(=O)[C@@H](CC(=O)NO)CC(C)C. The van der Waals surface area contributed by atoms with Crippen LogP contribution in [-0.2, 0) is 20.8 Å². The zero-order valence-corrected chi connectivity index (χ0v) is 17.2. The fourth-order valence-corrected chi connectivity index (χ4v) is 3.10. The molecule has 0 unspecified atom stereocenters. The number of carbonyl (C=O) groups excluding carboxylic acids is 3. The fraction of sp³-hybridized carbons (Fsp3) is 0.550. The normalized spacial score (nSPS) is 12.8. The van der Waals surface area contributed by atoms with Crippen molar-refractivity contribution in [1.29, 1.82) is 0 Å². The van der Waals surface area contributed by atoms with Crippen molar-refractivity contribution >= 4 is 17.7 Å². The van der Waals surface area contributed by atoms with Gasteiger partial charge in [0, 0.05) is 25.8 Å². The van der Waals surface area contributed by atoms with Crippen LogP contribution in [0.3, 0.4) is 0 Å². The van der Waals surface area contributed by atoms with E-state index in [0.29, 0.717) is 12.8 Å². The minimum atomic E-state index is -0.780. The second kappa shape index (κ2) is 11.3. The highest BCUT2D eigenvalue weighted by atomic mass is 16.5. The van der Waals surface area contributed by atoms with E-state index in [1.54, 1.807) is 12.6 Å². The summed E-state index contributed by atoms with van der Waals surface area (Å²) in [6.07, 6.45) is 0.612.